The average molecular weight is 275 g/mol. The molecule has 0 fully saturated rings. The number of thiophene rings is 1. The van der Waals surface area contributed by atoms with Crippen LogP contribution in [0, 0.1) is 0 Å². The molecule has 0 bridgehead atoms. The van der Waals surface area contributed by atoms with E-state index < -0.39 is 6.04 Å². The molecule has 19 heavy (non-hydrogen) atoms. The molecular formula is C13H13N3O2S. The third-order valence-corrected chi connectivity index (χ3v) is 3.87. The number of hydrogen-bond acceptors (Lipinski definition) is 4. The molecule has 6 heteroatoms. The fraction of sp³-hybridized carbons (Fsp3) is 0.308. The number of azide groups is 1. The number of carbonyl (C=O) groups is 1. The molecule has 2 rings (SSSR count). The minimum Gasteiger partial charge on any atom is -0.469 e. The minimum atomic E-state index is -0.407. The molecule has 0 unspecified atom stereocenters. The zero-order valence-corrected chi connectivity index (χ0v) is 11.3. The number of rotatable bonds is 5. The first-order valence-corrected chi connectivity index (χ1v) is 6.68. The van der Waals surface area contributed by atoms with Crippen molar-refractivity contribution in [3.05, 3.63) is 45.7 Å². The highest BCUT2D eigenvalue weighted by atomic mass is 32.1. The lowest BCUT2D eigenvalue weighted by molar-refractivity contribution is -0.140. The number of esters is 1. The van der Waals surface area contributed by atoms with E-state index in [1.54, 1.807) is 11.3 Å². The Labute approximate surface area is 114 Å². The molecule has 0 spiro atoms. The first-order chi connectivity index (χ1) is 9.24. The number of ether oxygens (including phenoxy) is 1. The number of fused-ring (bicyclic) bond motifs is 1. The van der Waals surface area contributed by atoms with Gasteiger partial charge >= 0.3 is 5.97 Å². The van der Waals surface area contributed by atoms with Crippen LogP contribution in [0.15, 0.2) is 34.8 Å². The molecular weight excluding hydrogens is 262 g/mol. The standard InChI is InChI=1S/C13H13N3O2S/c1-18-13(17)7-10(15-16-14)6-9-8-19-12-5-3-2-4-11(9)12/h2-5,8,10H,6-7H2,1H3/t10-/m1/s1. The second kappa shape index (κ2) is 6.22. The van der Waals surface area contributed by atoms with E-state index in [1.807, 2.05) is 29.6 Å². The third-order valence-electron chi connectivity index (χ3n) is 2.86. The summed E-state index contributed by atoms with van der Waals surface area (Å²) in [5, 5.41) is 6.87. The van der Waals surface area contributed by atoms with Gasteiger partial charge in [0.25, 0.3) is 0 Å². The van der Waals surface area contributed by atoms with Gasteiger partial charge in [0, 0.05) is 9.61 Å². The highest BCUT2D eigenvalue weighted by Gasteiger charge is 2.15. The topological polar surface area (TPSA) is 75.1 Å². The van der Waals surface area contributed by atoms with Crippen LogP contribution >= 0.6 is 11.3 Å². The van der Waals surface area contributed by atoms with Gasteiger partial charge in [-0.05, 0) is 34.3 Å². The lowest BCUT2D eigenvalue weighted by Crippen LogP contribution is -2.15. The predicted molar refractivity (Wildman–Crippen MR) is 75.1 cm³/mol. The monoisotopic (exact) mass is 275 g/mol. The summed E-state index contributed by atoms with van der Waals surface area (Å²) in [7, 11) is 1.33. The van der Waals surface area contributed by atoms with E-state index in [2.05, 4.69) is 14.8 Å². The molecule has 1 aromatic carbocycles. The summed E-state index contributed by atoms with van der Waals surface area (Å²) in [5.41, 5.74) is 9.67. The molecule has 0 aliphatic heterocycles. The van der Waals surface area contributed by atoms with Crippen molar-refractivity contribution in [2.45, 2.75) is 18.9 Å². The van der Waals surface area contributed by atoms with E-state index in [9.17, 15) is 4.79 Å². The van der Waals surface area contributed by atoms with Crippen molar-refractivity contribution >= 4 is 27.4 Å². The van der Waals surface area contributed by atoms with Crippen LogP contribution in [0.1, 0.15) is 12.0 Å². The average Bonchev–Trinajstić information content (AvgIpc) is 2.82. The van der Waals surface area contributed by atoms with Gasteiger partial charge in [0.15, 0.2) is 0 Å². The quantitative estimate of drug-likeness (QED) is 0.361. The molecule has 0 aliphatic carbocycles. The van der Waals surface area contributed by atoms with E-state index in [-0.39, 0.29) is 12.4 Å². The molecule has 1 heterocycles. The summed E-state index contributed by atoms with van der Waals surface area (Å²) in [6.07, 6.45) is 0.647. The molecule has 0 N–H and O–H groups in total. The molecule has 98 valence electrons. The highest BCUT2D eigenvalue weighted by molar-refractivity contribution is 7.17. The molecule has 0 saturated heterocycles. The van der Waals surface area contributed by atoms with Crippen LogP contribution in [0.4, 0.5) is 0 Å². The SMILES string of the molecule is COC(=O)C[C@@H](Cc1csc2ccccc12)N=[N+]=[N-]. The Kier molecular flexibility index (Phi) is 4.39. The van der Waals surface area contributed by atoms with E-state index in [4.69, 9.17) is 5.53 Å². The second-order valence-corrected chi connectivity index (χ2v) is 5.01. The predicted octanol–water partition coefficient (Wildman–Crippen LogP) is 3.69. The summed E-state index contributed by atoms with van der Waals surface area (Å²) in [6.45, 7) is 0. The largest absolute Gasteiger partial charge is 0.469 e. The first-order valence-electron chi connectivity index (χ1n) is 5.80. The van der Waals surface area contributed by atoms with E-state index in [1.165, 1.54) is 11.8 Å². The summed E-state index contributed by atoms with van der Waals surface area (Å²) in [4.78, 5) is 14.1. The zero-order valence-electron chi connectivity index (χ0n) is 10.4. The number of methoxy groups -OCH3 is 1. The van der Waals surface area contributed by atoms with Crippen LogP contribution in [0.5, 0.6) is 0 Å². The van der Waals surface area contributed by atoms with Crippen molar-refractivity contribution in [2.75, 3.05) is 7.11 Å². The smallest absolute Gasteiger partial charge is 0.305 e. The highest BCUT2D eigenvalue weighted by Crippen LogP contribution is 2.27. The normalized spacial score (nSPS) is 11.8. The van der Waals surface area contributed by atoms with Crippen LogP contribution in [0.2, 0.25) is 0 Å². The lowest BCUT2D eigenvalue weighted by atomic mass is 10.0. The second-order valence-electron chi connectivity index (χ2n) is 4.10. The molecule has 0 aliphatic rings. The Morgan fingerprint density at radius 3 is 3.05 bits per heavy atom. The van der Waals surface area contributed by atoms with E-state index >= 15 is 0 Å². The molecule has 1 aromatic heterocycles. The van der Waals surface area contributed by atoms with Crippen LogP contribution in [0.3, 0.4) is 0 Å². The van der Waals surface area contributed by atoms with Gasteiger partial charge in [-0.2, -0.15) is 0 Å². The molecule has 0 amide bonds. The van der Waals surface area contributed by atoms with E-state index in [0.29, 0.717) is 6.42 Å². The van der Waals surface area contributed by atoms with Gasteiger partial charge in [0.05, 0.1) is 19.6 Å². The van der Waals surface area contributed by atoms with Gasteiger partial charge in [-0.1, -0.05) is 23.3 Å². The van der Waals surface area contributed by atoms with Gasteiger partial charge < -0.3 is 4.74 Å². The van der Waals surface area contributed by atoms with Gasteiger partial charge in [0.1, 0.15) is 0 Å². The maximum absolute atomic E-state index is 11.3. The van der Waals surface area contributed by atoms with Crippen molar-refractivity contribution in [1.82, 2.24) is 0 Å². The van der Waals surface area contributed by atoms with Crippen molar-refractivity contribution in [3.63, 3.8) is 0 Å². The van der Waals surface area contributed by atoms with Crippen LogP contribution in [-0.2, 0) is 16.0 Å². The summed E-state index contributed by atoms with van der Waals surface area (Å²) < 4.78 is 5.80. The summed E-state index contributed by atoms with van der Waals surface area (Å²) >= 11 is 1.65. The minimum absolute atomic E-state index is 0.102. The van der Waals surface area contributed by atoms with Gasteiger partial charge in [0.2, 0.25) is 0 Å². The van der Waals surface area contributed by atoms with Crippen molar-refractivity contribution < 1.29 is 9.53 Å². The van der Waals surface area contributed by atoms with Crippen LogP contribution < -0.4 is 0 Å². The molecule has 0 radical (unpaired) electrons. The Morgan fingerprint density at radius 2 is 2.32 bits per heavy atom. The molecule has 5 nitrogen and oxygen atoms in total. The van der Waals surface area contributed by atoms with E-state index in [0.717, 1.165) is 10.9 Å². The van der Waals surface area contributed by atoms with Gasteiger partial charge in [-0.15, -0.1) is 11.3 Å². The Hall–Kier alpha value is -2.04. The maximum Gasteiger partial charge on any atom is 0.305 e. The summed E-state index contributed by atoms with van der Waals surface area (Å²) in [5.74, 6) is -0.364. The molecule has 1 atom stereocenters. The Bertz CT molecular complexity index is 632. The molecule has 0 saturated carbocycles. The number of carbonyl (C=O) groups excluding carboxylic acids is 1. The number of nitrogens with zero attached hydrogens (tertiary/aromatic N) is 3. The Balaban J connectivity index is 2.21. The molecule has 2 aromatic rings. The maximum atomic E-state index is 11.3. The first kappa shape index (κ1) is 13.4. The van der Waals surface area contributed by atoms with Gasteiger partial charge in [-0.3, -0.25) is 4.79 Å². The summed E-state index contributed by atoms with van der Waals surface area (Å²) in [6, 6.07) is 7.64. The Morgan fingerprint density at radius 1 is 1.53 bits per heavy atom. The lowest BCUT2D eigenvalue weighted by Gasteiger charge is -2.08. The van der Waals surface area contributed by atoms with Crippen molar-refractivity contribution in [1.29, 1.82) is 0 Å². The number of hydrogen-bond donors (Lipinski definition) is 0. The van der Waals surface area contributed by atoms with Crippen LogP contribution in [-0.4, -0.2) is 19.1 Å². The third kappa shape index (κ3) is 3.24. The van der Waals surface area contributed by atoms with Crippen LogP contribution in [0.25, 0.3) is 20.5 Å². The number of benzene rings is 1. The fourth-order valence-electron chi connectivity index (χ4n) is 1.95. The van der Waals surface area contributed by atoms with Crippen molar-refractivity contribution in [2.24, 2.45) is 5.11 Å². The fourth-order valence-corrected chi connectivity index (χ4v) is 2.92. The zero-order chi connectivity index (χ0) is 13.7. The van der Waals surface area contributed by atoms with Crippen molar-refractivity contribution in [3.8, 4) is 0 Å². The van der Waals surface area contributed by atoms with Gasteiger partial charge in [-0.25, -0.2) is 0 Å².